The summed E-state index contributed by atoms with van der Waals surface area (Å²) in [4.78, 5) is 0. The van der Waals surface area contributed by atoms with E-state index in [1.54, 1.807) is 12.8 Å². The van der Waals surface area contributed by atoms with E-state index < -0.39 is 5.60 Å². The van der Waals surface area contributed by atoms with Gasteiger partial charge in [-0.25, -0.2) is 6.54 Å². The van der Waals surface area contributed by atoms with Crippen LogP contribution in [0.5, 0.6) is 0 Å². The number of rotatable bonds is 5. The molecule has 1 atom stereocenters. The first-order valence-electron chi connectivity index (χ1n) is 5.53. The van der Waals surface area contributed by atoms with Gasteiger partial charge in [0.2, 0.25) is 0 Å². The normalized spacial score (nSPS) is 14.2. The number of likely N-dealkylation sites (N-methyl/N-ethyl adjacent to an activating group) is 1. The van der Waals surface area contributed by atoms with Crippen molar-refractivity contribution in [3.8, 4) is 0 Å². The summed E-state index contributed by atoms with van der Waals surface area (Å²) in [6, 6.07) is 7.40. The quantitative estimate of drug-likeness (QED) is 0.493. The van der Waals surface area contributed by atoms with Crippen molar-refractivity contribution in [2.45, 2.75) is 12.5 Å². The third-order valence-electron chi connectivity index (χ3n) is 2.70. The van der Waals surface area contributed by atoms with Crippen molar-refractivity contribution in [2.75, 3.05) is 12.4 Å². The molecular formula is C13H15ClNO2Ru. The Bertz CT molecular complexity index is 502. The number of nitrogens with one attached hydrogen (secondary N) is 1. The third-order valence-corrected chi connectivity index (χ3v) is 3.11. The Morgan fingerprint density at radius 3 is 2.89 bits per heavy atom. The van der Waals surface area contributed by atoms with Crippen LogP contribution in [0.2, 0.25) is 0 Å². The summed E-state index contributed by atoms with van der Waals surface area (Å²) in [7, 11) is 0. The number of fused-ring (bicyclic) bond motifs is 1. The van der Waals surface area contributed by atoms with Crippen molar-refractivity contribution in [1.82, 2.24) is 5.32 Å². The predicted molar refractivity (Wildman–Crippen MR) is 68.8 cm³/mol. The van der Waals surface area contributed by atoms with Crippen molar-refractivity contribution in [3.05, 3.63) is 42.6 Å². The molecule has 3 nitrogen and oxygen atoms in total. The van der Waals surface area contributed by atoms with E-state index >= 15 is 0 Å². The van der Waals surface area contributed by atoms with Crippen LogP contribution in [0.1, 0.15) is 12.5 Å². The molecule has 1 aromatic carbocycles. The smallest absolute Gasteiger partial charge is 0.467 e. The first-order valence-corrected chi connectivity index (χ1v) is 6.07. The molecule has 2 N–H and O–H groups in total. The van der Waals surface area contributed by atoms with E-state index in [1.807, 2.05) is 31.2 Å². The van der Waals surface area contributed by atoms with Gasteiger partial charge in [-0.3, -0.25) is 0 Å². The second kappa shape index (κ2) is 6.67. The molecule has 0 aliphatic rings. The van der Waals surface area contributed by atoms with E-state index in [9.17, 15) is 5.11 Å². The molecule has 0 saturated heterocycles. The molecule has 1 heterocycles. The first kappa shape index (κ1) is 15.7. The molecule has 0 amide bonds. The van der Waals surface area contributed by atoms with Crippen LogP contribution in [0.15, 0.2) is 34.9 Å². The number of aliphatic hydroxyl groups is 1. The van der Waals surface area contributed by atoms with Gasteiger partial charge in [0.15, 0.2) is 0 Å². The summed E-state index contributed by atoms with van der Waals surface area (Å²) in [6.07, 6.45) is 1.63. The van der Waals surface area contributed by atoms with Crippen LogP contribution >= 0.6 is 11.6 Å². The minimum absolute atomic E-state index is 0. The molecule has 0 spiro atoms. The van der Waals surface area contributed by atoms with Gasteiger partial charge in [0.1, 0.15) is 5.58 Å². The maximum absolute atomic E-state index is 10.4. The van der Waals surface area contributed by atoms with E-state index in [0.29, 0.717) is 0 Å². The van der Waals surface area contributed by atoms with E-state index in [2.05, 4.69) is 5.32 Å². The molecule has 0 aliphatic heterocycles. The summed E-state index contributed by atoms with van der Waals surface area (Å²) < 4.78 is 5.26. The summed E-state index contributed by atoms with van der Waals surface area (Å²) >= 11 is 5.86. The van der Waals surface area contributed by atoms with Crippen molar-refractivity contribution in [2.24, 2.45) is 0 Å². The van der Waals surface area contributed by atoms with Crippen molar-refractivity contribution in [1.29, 1.82) is 0 Å². The molecular weight excluding hydrogens is 339 g/mol. The number of alkyl halides is 1. The fourth-order valence-electron chi connectivity index (χ4n) is 1.71. The number of benzene rings is 1. The zero-order valence-corrected chi connectivity index (χ0v) is 12.5. The molecule has 0 saturated carbocycles. The van der Waals surface area contributed by atoms with Gasteiger partial charge >= 0.3 is 19.5 Å². The fraction of sp³-hybridized carbons (Fsp3) is 0.308. The fourth-order valence-corrected chi connectivity index (χ4v) is 1.94. The Balaban J connectivity index is 0.00000162. The number of hydrogen-bond acceptors (Lipinski definition) is 3. The molecule has 2 rings (SSSR count). The van der Waals surface area contributed by atoms with Crippen LogP contribution in [-0.4, -0.2) is 17.5 Å². The van der Waals surface area contributed by atoms with E-state index in [4.69, 9.17) is 16.0 Å². The Labute approximate surface area is 124 Å². The summed E-state index contributed by atoms with van der Waals surface area (Å²) in [5, 5.41) is 14.4. The molecule has 0 fully saturated rings. The zero-order chi connectivity index (χ0) is 12.3. The monoisotopic (exact) mass is 354 g/mol. The van der Waals surface area contributed by atoms with Crippen molar-refractivity contribution < 1.29 is 29.0 Å². The first-order chi connectivity index (χ1) is 8.19. The molecule has 99 valence electrons. The Kier molecular flexibility index (Phi) is 5.80. The molecule has 0 bridgehead atoms. The van der Waals surface area contributed by atoms with Gasteiger partial charge in [-0.2, -0.15) is 0 Å². The molecule has 1 aromatic heterocycles. The average Bonchev–Trinajstić information content (AvgIpc) is 2.83. The minimum Gasteiger partial charge on any atom is -0.467 e. The summed E-state index contributed by atoms with van der Waals surface area (Å²) in [5.41, 5.74) is 0.389. The number of furan rings is 1. The molecule has 2 aromatic rings. The number of halogens is 1. The van der Waals surface area contributed by atoms with Gasteiger partial charge < -0.3 is 14.8 Å². The van der Waals surface area contributed by atoms with Crippen LogP contribution in [0, 0.1) is 6.54 Å². The van der Waals surface area contributed by atoms with Crippen LogP contribution in [0.25, 0.3) is 11.0 Å². The van der Waals surface area contributed by atoms with E-state index in [0.717, 1.165) is 23.1 Å². The summed E-state index contributed by atoms with van der Waals surface area (Å²) in [5.74, 6) is 0.101. The summed E-state index contributed by atoms with van der Waals surface area (Å²) in [6.45, 7) is 4.33. The predicted octanol–water partition coefficient (Wildman–Crippen LogP) is 2.63. The second-order valence-corrected chi connectivity index (χ2v) is 4.20. The van der Waals surface area contributed by atoms with Gasteiger partial charge in [0.05, 0.1) is 6.26 Å². The SMILES string of the molecule is CCN[CH-]C(O)(CCl)c1ccc2occc2c1.[Ru+]. The van der Waals surface area contributed by atoms with E-state index in [1.165, 1.54) is 0 Å². The number of hydrogen-bond donors (Lipinski definition) is 2. The maximum atomic E-state index is 10.4. The van der Waals surface area contributed by atoms with Crippen molar-refractivity contribution in [3.63, 3.8) is 0 Å². The van der Waals surface area contributed by atoms with Gasteiger partial charge in [-0.05, 0) is 35.9 Å². The van der Waals surface area contributed by atoms with Gasteiger partial charge in [-0.15, -0.1) is 11.6 Å². The van der Waals surface area contributed by atoms with Crippen LogP contribution < -0.4 is 5.32 Å². The van der Waals surface area contributed by atoms with Crippen LogP contribution in [0.3, 0.4) is 0 Å². The molecule has 0 aliphatic carbocycles. The van der Waals surface area contributed by atoms with Gasteiger partial charge in [0.25, 0.3) is 0 Å². The van der Waals surface area contributed by atoms with E-state index in [-0.39, 0.29) is 25.4 Å². The Morgan fingerprint density at radius 2 is 2.22 bits per heavy atom. The minimum atomic E-state index is -1.16. The topological polar surface area (TPSA) is 45.4 Å². The average molecular weight is 354 g/mol. The Hall–Kier alpha value is -0.407. The van der Waals surface area contributed by atoms with Crippen molar-refractivity contribution >= 4 is 22.6 Å². The molecule has 1 unspecified atom stereocenters. The molecule has 5 heteroatoms. The molecule has 1 radical (unpaired) electrons. The van der Waals surface area contributed by atoms with Gasteiger partial charge in [0, 0.05) is 11.3 Å². The third kappa shape index (κ3) is 3.13. The standard InChI is InChI=1S/C13H15ClNO2.Ru/c1-2-15-9-13(16,8-14)11-3-4-12-10(7-11)5-6-17-12;/h3-7,9,15-16H,2,8H2,1H3;/q-1;+1. The largest absolute Gasteiger partial charge is 1.00 e. The zero-order valence-electron chi connectivity index (χ0n) is 9.97. The van der Waals surface area contributed by atoms with Crippen LogP contribution in [-0.2, 0) is 25.1 Å². The maximum Gasteiger partial charge on any atom is 1.00 e. The van der Waals surface area contributed by atoms with Crippen LogP contribution in [0.4, 0.5) is 0 Å². The van der Waals surface area contributed by atoms with Gasteiger partial charge in [-0.1, -0.05) is 13.0 Å². The molecule has 18 heavy (non-hydrogen) atoms. The Morgan fingerprint density at radius 1 is 1.44 bits per heavy atom. The second-order valence-electron chi connectivity index (χ2n) is 3.93.